The summed E-state index contributed by atoms with van der Waals surface area (Å²) in [7, 11) is 0. The number of hydrogen-bond acceptors (Lipinski definition) is 2. The Kier molecular flexibility index (Phi) is 3.52. The van der Waals surface area contributed by atoms with E-state index in [9.17, 15) is 0 Å². The van der Waals surface area contributed by atoms with Gasteiger partial charge >= 0.3 is 0 Å². The summed E-state index contributed by atoms with van der Waals surface area (Å²) in [4.78, 5) is 3.08. The molecule has 1 radical (unpaired) electrons. The summed E-state index contributed by atoms with van der Waals surface area (Å²) in [6.45, 7) is 0.0908. The summed E-state index contributed by atoms with van der Waals surface area (Å²) in [6, 6.07) is 0. The standard InChI is InChI=1S/C3H4N3/c4-1-2-6-3-5/h2,4H,1H2. The van der Waals surface area contributed by atoms with Crippen LogP contribution in [-0.2, 0) is 0 Å². The molecule has 6 heavy (non-hydrogen) atoms. The molecule has 31 valence electrons. The highest BCUT2D eigenvalue weighted by Crippen LogP contribution is 1.50. The first-order chi connectivity index (χ1) is 2.91. The minimum Gasteiger partial charge on any atom is -0.252 e. The van der Waals surface area contributed by atoms with Gasteiger partial charge in [0.2, 0.25) is 6.19 Å². The van der Waals surface area contributed by atoms with E-state index >= 15 is 0 Å². The molecule has 0 aromatic rings. The molecule has 0 aliphatic heterocycles. The molecular weight excluding hydrogens is 78.1 g/mol. The van der Waals surface area contributed by atoms with Gasteiger partial charge in [0.05, 0.1) is 0 Å². The Labute approximate surface area is 36.1 Å². The van der Waals surface area contributed by atoms with Gasteiger partial charge in [0.1, 0.15) is 0 Å². The molecule has 0 aliphatic rings. The van der Waals surface area contributed by atoms with Crippen LogP contribution in [0.1, 0.15) is 0 Å². The molecule has 0 aromatic heterocycles. The first kappa shape index (κ1) is 5.12. The Hall–Kier alpha value is -0.880. The lowest BCUT2D eigenvalue weighted by Crippen LogP contribution is -1.81. The van der Waals surface area contributed by atoms with Gasteiger partial charge in [0.25, 0.3) is 0 Å². The van der Waals surface area contributed by atoms with Crippen molar-refractivity contribution < 1.29 is 0 Å². The molecule has 0 aromatic carbocycles. The summed E-state index contributed by atoms with van der Waals surface area (Å²) in [5.74, 6) is 0. The maximum absolute atomic E-state index is 7.67. The van der Waals surface area contributed by atoms with Crippen molar-refractivity contribution in [3.05, 3.63) is 0 Å². The average Bonchev–Trinajstić information content (AvgIpc) is 1.61. The second kappa shape index (κ2) is 4.12. The number of nitrogens with one attached hydrogen (secondary N) is 1. The second-order valence-corrected chi connectivity index (χ2v) is 0.616. The topological polar surface area (TPSA) is 60.0 Å². The summed E-state index contributed by atoms with van der Waals surface area (Å²) in [5.41, 5.74) is 6.41. The van der Waals surface area contributed by atoms with Gasteiger partial charge in [-0.3, -0.25) is 5.73 Å². The monoisotopic (exact) mass is 82.0 g/mol. The molecule has 0 fully saturated rings. The van der Waals surface area contributed by atoms with Crippen LogP contribution >= 0.6 is 0 Å². The van der Waals surface area contributed by atoms with Crippen LogP contribution in [0.15, 0.2) is 4.99 Å². The first-order valence-electron chi connectivity index (χ1n) is 1.47. The molecule has 0 spiro atoms. The fourth-order valence-electron chi connectivity index (χ4n) is 0.0865. The molecule has 0 bridgehead atoms. The van der Waals surface area contributed by atoms with Gasteiger partial charge in [-0.05, 0) is 0 Å². The third-order valence-electron chi connectivity index (χ3n) is 0.240. The van der Waals surface area contributed by atoms with Crippen molar-refractivity contribution in [2.45, 2.75) is 0 Å². The molecule has 0 rings (SSSR count). The van der Waals surface area contributed by atoms with Gasteiger partial charge in [0.15, 0.2) is 0 Å². The Morgan fingerprint density at radius 2 is 2.67 bits per heavy atom. The zero-order valence-corrected chi connectivity index (χ0v) is 3.18. The van der Waals surface area contributed by atoms with E-state index in [0.717, 1.165) is 0 Å². The number of nitriles is 1. The summed E-state index contributed by atoms with van der Waals surface area (Å²) >= 11 is 0. The van der Waals surface area contributed by atoms with Crippen LogP contribution in [0.5, 0.6) is 0 Å². The highest BCUT2D eigenvalue weighted by molar-refractivity contribution is 5.60. The Bertz CT molecular complexity index is 78.5. The van der Waals surface area contributed by atoms with Crippen molar-refractivity contribution in [3.8, 4) is 6.19 Å². The fourth-order valence-corrected chi connectivity index (χ4v) is 0.0865. The third-order valence-corrected chi connectivity index (χ3v) is 0.240. The minimum absolute atomic E-state index is 0.0908. The zero-order chi connectivity index (χ0) is 4.83. The molecule has 0 heterocycles. The fraction of sp³-hybridized carbons (Fsp3) is 0.333. The van der Waals surface area contributed by atoms with Crippen molar-refractivity contribution in [2.75, 3.05) is 6.54 Å². The van der Waals surface area contributed by atoms with Crippen LogP contribution < -0.4 is 5.73 Å². The van der Waals surface area contributed by atoms with E-state index in [0.29, 0.717) is 0 Å². The Balaban J connectivity index is 3.02. The predicted octanol–water partition coefficient (Wildman–Crippen LogP) is -0.179. The van der Waals surface area contributed by atoms with Crippen LogP contribution in [0.2, 0.25) is 0 Å². The number of hydrogen-bond donors (Lipinski definition) is 0. The maximum Gasteiger partial charge on any atom is 0.205 e. The number of nitrogens with zero attached hydrogens (tertiary/aromatic N) is 2. The largest absolute Gasteiger partial charge is 0.252 e. The molecule has 0 saturated carbocycles. The molecule has 0 amide bonds. The molecule has 0 saturated heterocycles. The zero-order valence-electron chi connectivity index (χ0n) is 3.18. The van der Waals surface area contributed by atoms with Crippen LogP contribution in [-0.4, -0.2) is 12.8 Å². The SMILES string of the molecule is N#CN=CC[NH]. The third kappa shape index (κ3) is 3.12. The molecule has 1 N–H and O–H groups in total. The lowest BCUT2D eigenvalue weighted by atomic mass is 10.8. The van der Waals surface area contributed by atoms with E-state index in [4.69, 9.17) is 11.0 Å². The normalized spacial score (nSPS) is 8.67. The van der Waals surface area contributed by atoms with E-state index in [1.54, 1.807) is 0 Å². The van der Waals surface area contributed by atoms with Gasteiger partial charge in [-0.2, -0.15) is 10.3 Å². The van der Waals surface area contributed by atoms with Crippen LogP contribution in [0.3, 0.4) is 0 Å². The van der Waals surface area contributed by atoms with Crippen LogP contribution in [0.4, 0.5) is 0 Å². The smallest absolute Gasteiger partial charge is 0.205 e. The molecule has 3 nitrogen and oxygen atoms in total. The maximum atomic E-state index is 7.67. The highest BCUT2D eigenvalue weighted by Gasteiger charge is 1.58. The first-order valence-corrected chi connectivity index (χ1v) is 1.47. The summed E-state index contributed by atoms with van der Waals surface area (Å²) < 4.78 is 0. The van der Waals surface area contributed by atoms with Crippen molar-refractivity contribution in [2.24, 2.45) is 4.99 Å². The van der Waals surface area contributed by atoms with Crippen molar-refractivity contribution in [1.29, 1.82) is 5.26 Å². The van der Waals surface area contributed by atoms with E-state index in [-0.39, 0.29) is 6.54 Å². The van der Waals surface area contributed by atoms with Gasteiger partial charge < -0.3 is 0 Å². The molecule has 3 heteroatoms. The van der Waals surface area contributed by atoms with E-state index in [1.807, 2.05) is 0 Å². The van der Waals surface area contributed by atoms with Gasteiger partial charge in [-0.15, -0.1) is 0 Å². The average molecular weight is 82.1 g/mol. The van der Waals surface area contributed by atoms with E-state index in [1.165, 1.54) is 12.4 Å². The van der Waals surface area contributed by atoms with E-state index in [2.05, 4.69) is 4.99 Å². The molecule has 0 atom stereocenters. The van der Waals surface area contributed by atoms with Gasteiger partial charge in [-0.25, -0.2) is 0 Å². The Morgan fingerprint density at radius 1 is 2.00 bits per heavy atom. The van der Waals surface area contributed by atoms with Crippen molar-refractivity contribution in [3.63, 3.8) is 0 Å². The molecular formula is C3H4N3. The lowest BCUT2D eigenvalue weighted by molar-refractivity contribution is 1.26. The van der Waals surface area contributed by atoms with Gasteiger partial charge in [-0.1, -0.05) is 0 Å². The van der Waals surface area contributed by atoms with Crippen LogP contribution in [0, 0.1) is 11.5 Å². The molecule has 0 aliphatic carbocycles. The lowest BCUT2D eigenvalue weighted by Gasteiger charge is -1.63. The molecule has 0 unspecified atom stereocenters. The quantitative estimate of drug-likeness (QED) is 0.319. The minimum atomic E-state index is 0.0908. The summed E-state index contributed by atoms with van der Waals surface area (Å²) in [6.07, 6.45) is 2.75. The summed E-state index contributed by atoms with van der Waals surface area (Å²) in [5, 5.41) is 7.67. The van der Waals surface area contributed by atoms with Crippen molar-refractivity contribution >= 4 is 6.21 Å². The second-order valence-electron chi connectivity index (χ2n) is 0.616. The van der Waals surface area contributed by atoms with E-state index < -0.39 is 0 Å². The van der Waals surface area contributed by atoms with Crippen LogP contribution in [0.25, 0.3) is 0 Å². The predicted molar refractivity (Wildman–Crippen MR) is 22.1 cm³/mol. The number of aliphatic imine (C=N–C) groups is 1. The highest BCUT2D eigenvalue weighted by atomic mass is 14.7. The van der Waals surface area contributed by atoms with Crippen molar-refractivity contribution in [1.82, 2.24) is 5.73 Å². The van der Waals surface area contributed by atoms with Gasteiger partial charge in [0, 0.05) is 12.8 Å². The number of rotatable bonds is 1. The Morgan fingerprint density at radius 3 is 2.83 bits per heavy atom.